The maximum Gasteiger partial charge on any atom is 0.341 e. The molecule has 3 heteroatoms. The van der Waals surface area contributed by atoms with Gasteiger partial charge in [-0.2, -0.15) is 0 Å². The summed E-state index contributed by atoms with van der Waals surface area (Å²) in [6.45, 7) is 5.65. The van der Waals surface area contributed by atoms with E-state index in [9.17, 15) is 9.90 Å². The van der Waals surface area contributed by atoms with E-state index in [0.717, 1.165) is 12.8 Å². The second kappa shape index (κ2) is 6.48. The van der Waals surface area contributed by atoms with Crippen LogP contribution < -0.4 is 0 Å². The molecule has 0 aliphatic carbocycles. The number of esters is 1. The lowest BCUT2D eigenvalue weighted by Gasteiger charge is -2.00. The van der Waals surface area contributed by atoms with Gasteiger partial charge in [0.15, 0.2) is 0 Å². The third-order valence-corrected chi connectivity index (χ3v) is 2.73. The van der Waals surface area contributed by atoms with Crippen molar-refractivity contribution in [1.82, 2.24) is 0 Å². The van der Waals surface area contributed by atoms with E-state index in [1.807, 2.05) is 0 Å². The first kappa shape index (κ1) is 13.0. The van der Waals surface area contributed by atoms with Crippen LogP contribution in [0.5, 0.6) is 0 Å². The number of aliphatic hydroxyl groups is 1. The molecule has 0 aromatic heterocycles. The quantitative estimate of drug-likeness (QED) is 0.428. The van der Waals surface area contributed by atoms with Crippen molar-refractivity contribution in [3.05, 3.63) is 24.0 Å². The zero-order valence-electron chi connectivity index (χ0n) is 9.87. The van der Waals surface area contributed by atoms with E-state index in [1.165, 1.54) is 25.7 Å². The van der Waals surface area contributed by atoms with E-state index in [4.69, 9.17) is 4.74 Å². The second-order valence-corrected chi connectivity index (χ2v) is 4.12. The predicted octanol–water partition coefficient (Wildman–Crippen LogP) is 2.70. The van der Waals surface area contributed by atoms with Gasteiger partial charge in [-0.25, -0.2) is 4.79 Å². The van der Waals surface area contributed by atoms with E-state index < -0.39 is 12.1 Å². The first-order valence-corrected chi connectivity index (χ1v) is 5.96. The van der Waals surface area contributed by atoms with Gasteiger partial charge in [0.25, 0.3) is 0 Å². The van der Waals surface area contributed by atoms with Crippen LogP contribution in [0.3, 0.4) is 0 Å². The van der Waals surface area contributed by atoms with Crippen molar-refractivity contribution < 1.29 is 14.6 Å². The molecule has 0 bridgehead atoms. The molecule has 1 aliphatic heterocycles. The Balaban J connectivity index is 2.29. The van der Waals surface area contributed by atoms with Crippen molar-refractivity contribution in [2.45, 2.75) is 51.6 Å². The van der Waals surface area contributed by atoms with Crippen molar-refractivity contribution >= 4 is 5.97 Å². The van der Waals surface area contributed by atoms with Crippen LogP contribution in [0.4, 0.5) is 0 Å². The smallest absolute Gasteiger partial charge is 0.341 e. The summed E-state index contributed by atoms with van der Waals surface area (Å²) in [7, 11) is 0. The average molecular weight is 224 g/mol. The SMILES string of the molecule is C=C1OC(=O)C(=CCCCCCCC)C1O. The van der Waals surface area contributed by atoms with Gasteiger partial charge >= 0.3 is 5.97 Å². The highest BCUT2D eigenvalue weighted by atomic mass is 16.6. The van der Waals surface area contributed by atoms with Crippen LogP contribution in [-0.4, -0.2) is 17.2 Å². The normalized spacial score (nSPS) is 22.9. The summed E-state index contributed by atoms with van der Waals surface area (Å²) in [5.41, 5.74) is 0.348. The summed E-state index contributed by atoms with van der Waals surface area (Å²) in [5, 5.41) is 9.55. The average Bonchev–Trinajstić information content (AvgIpc) is 2.49. The number of carbonyl (C=O) groups excluding carboxylic acids is 1. The number of rotatable bonds is 6. The summed E-state index contributed by atoms with van der Waals surface area (Å²) in [5.74, 6) is -0.312. The Kier molecular flexibility index (Phi) is 5.26. The molecule has 1 N–H and O–H groups in total. The van der Waals surface area contributed by atoms with Crippen LogP contribution >= 0.6 is 0 Å². The summed E-state index contributed by atoms with van der Waals surface area (Å²) in [6.07, 6.45) is 7.61. The van der Waals surface area contributed by atoms with Crippen LogP contribution in [0.1, 0.15) is 45.4 Å². The third-order valence-electron chi connectivity index (χ3n) is 2.73. The maximum absolute atomic E-state index is 11.2. The first-order chi connectivity index (χ1) is 7.66. The number of allylic oxidation sites excluding steroid dienone is 1. The largest absolute Gasteiger partial charge is 0.425 e. The topological polar surface area (TPSA) is 46.5 Å². The Labute approximate surface area is 96.8 Å². The van der Waals surface area contributed by atoms with Crippen LogP contribution in [0.2, 0.25) is 0 Å². The minimum Gasteiger partial charge on any atom is -0.425 e. The van der Waals surface area contributed by atoms with Crippen molar-refractivity contribution in [3.8, 4) is 0 Å². The van der Waals surface area contributed by atoms with Crippen molar-refractivity contribution in [2.75, 3.05) is 0 Å². The molecule has 0 aromatic carbocycles. The van der Waals surface area contributed by atoms with Crippen LogP contribution in [0.15, 0.2) is 24.0 Å². The molecule has 16 heavy (non-hydrogen) atoms. The number of carbonyl (C=O) groups is 1. The fourth-order valence-electron chi connectivity index (χ4n) is 1.72. The Morgan fingerprint density at radius 2 is 2.06 bits per heavy atom. The fraction of sp³-hybridized carbons (Fsp3) is 0.615. The highest BCUT2D eigenvalue weighted by Gasteiger charge is 2.32. The Bertz CT molecular complexity index is 292. The van der Waals surface area contributed by atoms with Crippen LogP contribution in [-0.2, 0) is 9.53 Å². The molecule has 90 valence electrons. The molecule has 0 radical (unpaired) electrons. The third kappa shape index (κ3) is 3.49. The highest BCUT2D eigenvalue weighted by molar-refractivity contribution is 5.93. The van der Waals surface area contributed by atoms with Crippen LogP contribution in [0, 0.1) is 0 Å². The minimum atomic E-state index is -0.928. The highest BCUT2D eigenvalue weighted by Crippen LogP contribution is 2.23. The number of unbranched alkanes of at least 4 members (excludes halogenated alkanes) is 5. The van der Waals surface area contributed by atoms with Gasteiger partial charge in [-0.3, -0.25) is 0 Å². The van der Waals surface area contributed by atoms with Gasteiger partial charge in [-0.05, 0) is 12.8 Å². The molecule has 0 amide bonds. The van der Waals surface area contributed by atoms with Gasteiger partial charge in [0.2, 0.25) is 0 Å². The van der Waals surface area contributed by atoms with E-state index in [-0.39, 0.29) is 5.76 Å². The second-order valence-electron chi connectivity index (χ2n) is 4.12. The lowest BCUT2D eigenvalue weighted by atomic mass is 10.1. The van der Waals surface area contributed by atoms with Crippen LogP contribution in [0.25, 0.3) is 0 Å². The van der Waals surface area contributed by atoms with E-state index >= 15 is 0 Å². The minimum absolute atomic E-state index is 0.141. The van der Waals surface area contributed by atoms with Crippen molar-refractivity contribution in [3.63, 3.8) is 0 Å². The Hall–Kier alpha value is -1.09. The van der Waals surface area contributed by atoms with Gasteiger partial charge in [-0.1, -0.05) is 45.3 Å². The fourth-order valence-corrected chi connectivity index (χ4v) is 1.72. The summed E-state index contributed by atoms with van der Waals surface area (Å²) in [6, 6.07) is 0. The summed E-state index contributed by atoms with van der Waals surface area (Å²) in [4.78, 5) is 11.2. The summed E-state index contributed by atoms with van der Waals surface area (Å²) >= 11 is 0. The summed E-state index contributed by atoms with van der Waals surface area (Å²) < 4.78 is 4.73. The molecule has 1 unspecified atom stereocenters. The standard InChI is InChI=1S/C13H20O3/c1-3-4-5-6-7-8-9-11-12(14)10(2)16-13(11)15/h9,12,14H,2-8H2,1H3. The lowest BCUT2D eigenvalue weighted by molar-refractivity contribution is -0.132. The molecule has 0 saturated carbocycles. The molecule has 3 nitrogen and oxygen atoms in total. The monoisotopic (exact) mass is 224 g/mol. The Morgan fingerprint density at radius 3 is 2.62 bits per heavy atom. The molecule has 1 heterocycles. The van der Waals surface area contributed by atoms with Gasteiger partial charge in [0.1, 0.15) is 11.9 Å². The number of ether oxygens (including phenoxy) is 1. The molecule has 1 atom stereocenters. The van der Waals surface area contributed by atoms with E-state index in [2.05, 4.69) is 13.5 Å². The molecule has 1 rings (SSSR count). The number of hydrogen-bond donors (Lipinski definition) is 1. The van der Waals surface area contributed by atoms with Gasteiger partial charge < -0.3 is 9.84 Å². The van der Waals surface area contributed by atoms with E-state index in [1.54, 1.807) is 6.08 Å². The lowest BCUT2D eigenvalue weighted by Crippen LogP contribution is -2.07. The van der Waals surface area contributed by atoms with E-state index in [0.29, 0.717) is 5.57 Å². The molecule has 1 saturated heterocycles. The molecule has 0 spiro atoms. The molecule has 0 aromatic rings. The molecular weight excluding hydrogens is 204 g/mol. The molecule has 1 aliphatic rings. The molecule has 1 fully saturated rings. The number of hydrogen-bond acceptors (Lipinski definition) is 3. The van der Waals surface area contributed by atoms with Gasteiger partial charge in [0.05, 0.1) is 5.57 Å². The number of cyclic esters (lactones) is 1. The van der Waals surface area contributed by atoms with Crippen molar-refractivity contribution in [2.24, 2.45) is 0 Å². The maximum atomic E-state index is 11.2. The van der Waals surface area contributed by atoms with Gasteiger partial charge in [-0.15, -0.1) is 0 Å². The zero-order valence-corrected chi connectivity index (χ0v) is 9.87. The first-order valence-electron chi connectivity index (χ1n) is 5.96. The number of aliphatic hydroxyl groups excluding tert-OH is 1. The van der Waals surface area contributed by atoms with Gasteiger partial charge in [0, 0.05) is 0 Å². The van der Waals surface area contributed by atoms with Crippen molar-refractivity contribution in [1.29, 1.82) is 0 Å². The predicted molar refractivity (Wildman–Crippen MR) is 62.7 cm³/mol. The molecular formula is C13H20O3. The zero-order chi connectivity index (χ0) is 12.0. The Morgan fingerprint density at radius 1 is 1.38 bits per heavy atom.